The number of ether oxygens (including phenoxy) is 2. The van der Waals surface area contributed by atoms with Crippen LogP contribution in [0.2, 0.25) is 0 Å². The molecule has 3 aliphatic rings. The van der Waals surface area contributed by atoms with Crippen LogP contribution >= 0.6 is 0 Å². The first-order valence-electron chi connectivity index (χ1n) is 12.9. The maximum Gasteiger partial charge on any atom is 0.254 e. The van der Waals surface area contributed by atoms with Gasteiger partial charge >= 0.3 is 0 Å². The van der Waals surface area contributed by atoms with Gasteiger partial charge in [0.1, 0.15) is 11.4 Å². The van der Waals surface area contributed by atoms with Crippen molar-refractivity contribution in [3.63, 3.8) is 0 Å². The number of nitrogens with zero attached hydrogens (tertiary/aromatic N) is 3. The summed E-state index contributed by atoms with van der Waals surface area (Å²) < 4.78 is 31.0. The summed E-state index contributed by atoms with van der Waals surface area (Å²) >= 11 is 0. The highest BCUT2D eigenvalue weighted by Gasteiger charge is 2.31. The Bertz CT molecular complexity index is 1350. The monoisotopic (exact) mass is 507 g/mol. The van der Waals surface area contributed by atoms with Gasteiger partial charge in [-0.3, -0.25) is 9.59 Å². The number of halogens is 1. The van der Waals surface area contributed by atoms with Gasteiger partial charge in [0, 0.05) is 55.6 Å². The average Bonchev–Trinajstić information content (AvgIpc) is 3.43. The lowest BCUT2D eigenvalue weighted by Gasteiger charge is -2.30. The van der Waals surface area contributed by atoms with Crippen LogP contribution in [0.5, 0.6) is 0 Å². The van der Waals surface area contributed by atoms with Crippen LogP contribution in [0.1, 0.15) is 34.8 Å². The molecule has 3 saturated heterocycles. The number of hydrogen-bond donors (Lipinski definition) is 0. The first kappa shape index (κ1) is 23.9. The van der Waals surface area contributed by atoms with E-state index < -0.39 is 0 Å². The number of carbonyl (C=O) groups excluding carboxylic acids is 1. The molecule has 194 valence electrons. The van der Waals surface area contributed by atoms with Gasteiger partial charge in [0.15, 0.2) is 11.3 Å². The lowest BCUT2D eigenvalue weighted by molar-refractivity contribution is 0.0303. The maximum absolute atomic E-state index is 13.7. The highest BCUT2D eigenvalue weighted by molar-refractivity contribution is 5.99. The summed E-state index contributed by atoms with van der Waals surface area (Å²) in [6, 6.07) is 11.4. The summed E-state index contributed by atoms with van der Waals surface area (Å²) in [5.74, 6) is 0.110. The molecule has 0 spiro atoms. The zero-order chi connectivity index (χ0) is 25.4. The van der Waals surface area contributed by atoms with E-state index in [-0.39, 0.29) is 23.2 Å². The molecule has 0 saturated carbocycles. The van der Waals surface area contributed by atoms with E-state index >= 15 is 0 Å². The summed E-state index contributed by atoms with van der Waals surface area (Å²) in [5.41, 5.74) is 2.51. The number of carbonyl (C=O) groups is 1. The average molecular weight is 508 g/mol. The van der Waals surface area contributed by atoms with Crippen molar-refractivity contribution in [3.05, 3.63) is 69.6 Å². The van der Waals surface area contributed by atoms with Gasteiger partial charge in [-0.1, -0.05) is 0 Å². The third-order valence-corrected chi connectivity index (χ3v) is 7.48. The molecule has 1 amide bonds. The third kappa shape index (κ3) is 4.69. The van der Waals surface area contributed by atoms with Crippen LogP contribution in [0.15, 0.2) is 51.7 Å². The summed E-state index contributed by atoms with van der Waals surface area (Å²) in [6.07, 6.45) is 1.76. The van der Waals surface area contributed by atoms with Crippen molar-refractivity contribution in [2.24, 2.45) is 0 Å². The number of fused-ring (bicyclic) bond motifs is 1. The number of anilines is 2. The Balaban J connectivity index is 1.48. The lowest BCUT2D eigenvalue weighted by Crippen LogP contribution is -2.40. The van der Waals surface area contributed by atoms with Gasteiger partial charge in [0.25, 0.3) is 5.91 Å². The minimum Gasteiger partial charge on any atom is -0.440 e. The van der Waals surface area contributed by atoms with Crippen molar-refractivity contribution in [1.82, 2.24) is 4.90 Å². The number of rotatable bonds is 4. The molecule has 0 N–H and O–H groups in total. The Morgan fingerprint density at radius 1 is 0.892 bits per heavy atom. The second-order valence-electron chi connectivity index (χ2n) is 9.72. The molecule has 37 heavy (non-hydrogen) atoms. The van der Waals surface area contributed by atoms with Crippen LogP contribution in [-0.2, 0) is 9.47 Å². The molecule has 6 rings (SSSR count). The second kappa shape index (κ2) is 10.1. The van der Waals surface area contributed by atoms with Crippen molar-refractivity contribution in [2.75, 3.05) is 69.0 Å². The van der Waals surface area contributed by atoms with Crippen LogP contribution in [0, 0.1) is 5.82 Å². The van der Waals surface area contributed by atoms with E-state index in [9.17, 15) is 14.0 Å². The largest absolute Gasteiger partial charge is 0.440 e. The summed E-state index contributed by atoms with van der Waals surface area (Å²) in [7, 11) is 0. The Morgan fingerprint density at radius 3 is 2.32 bits per heavy atom. The molecule has 2 aromatic carbocycles. The smallest absolute Gasteiger partial charge is 0.254 e. The van der Waals surface area contributed by atoms with Crippen LogP contribution in [0.25, 0.3) is 11.0 Å². The Hall–Kier alpha value is -3.43. The maximum atomic E-state index is 13.7. The molecule has 3 aromatic rings. The predicted molar refractivity (Wildman–Crippen MR) is 138 cm³/mol. The quantitative estimate of drug-likeness (QED) is 0.534. The van der Waals surface area contributed by atoms with Crippen LogP contribution in [0.4, 0.5) is 16.0 Å². The van der Waals surface area contributed by atoms with Gasteiger partial charge in [0.2, 0.25) is 0 Å². The Labute approximate surface area is 214 Å². The van der Waals surface area contributed by atoms with Crippen LogP contribution in [0.3, 0.4) is 0 Å². The molecule has 0 radical (unpaired) electrons. The molecular formula is C28H30FN3O5. The molecule has 1 atom stereocenters. The van der Waals surface area contributed by atoms with E-state index in [1.165, 1.54) is 18.2 Å². The number of hydrogen-bond acceptors (Lipinski definition) is 7. The Morgan fingerprint density at radius 2 is 1.59 bits per heavy atom. The van der Waals surface area contributed by atoms with Crippen molar-refractivity contribution >= 4 is 28.4 Å². The van der Waals surface area contributed by atoms with Crippen molar-refractivity contribution in [3.8, 4) is 0 Å². The molecule has 1 aromatic heterocycles. The number of morpholine rings is 2. The van der Waals surface area contributed by atoms with E-state index in [0.29, 0.717) is 75.0 Å². The third-order valence-electron chi connectivity index (χ3n) is 7.48. The van der Waals surface area contributed by atoms with Gasteiger partial charge in [-0.25, -0.2) is 4.39 Å². The number of benzene rings is 2. The van der Waals surface area contributed by atoms with Gasteiger partial charge in [-0.15, -0.1) is 0 Å². The minimum atomic E-state index is -0.288. The van der Waals surface area contributed by atoms with E-state index in [1.54, 1.807) is 23.1 Å². The fourth-order valence-electron chi connectivity index (χ4n) is 5.56. The normalized spacial score (nSPS) is 20.6. The molecule has 0 aliphatic carbocycles. The van der Waals surface area contributed by atoms with Gasteiger partial charge < -0.3 is 28.6 Å². The zero-order valence-electron chi connectivity index (χ0n) is 20.7. The molecule has 0 unspecified atom stereocenters. The highest BCUT2D eigenvalue weighted by atomic mass is 19.1. The van der Waals surface area contributed by atoms with E-state index in [4.69, 9.17) is 13.9 Å². The minimum absolute atomic E-state index is 0.116. The lowest BCUT2D eigenvalue weighted by atomic mass is 9.97. The fraction of sp³-hybridized carbons (Fsp3) is 0.429. The second-order valence-corrected chi connectivity index (χ2v) is 9.72. The predicted octanol–water partition coefficient (Wildman–Crippen LogP) is 3.58. The van der Waals surface area contributed by atoms with E-state index in [0.717, 1.165) is 30.6 Å². The zero-order valence-corrected chi connectivity index (χ0v) is 20.7. The topological polar surface area (TPSA) is 75.5 Å². The van der Waals surface area contributed by atoms with Crippen LogP contribution in [-0.4, -0.2) is 70.0 Å². The molecule has 3 aliphatic heterocycles. The SMILES string of the molecule is O=C(c1cc([C@H]2CCCN2c2ccc(F)cc2)c2oc(N3CCOCC3)cc(=O)c2c1)N1CCOCC1. The molecule has 8 nitrogen and oxygen atoms in total. The van der Waals surface area contributed by atoms with Crippen molar-refractivity contribution in [1.29, 1.82) is 0 Å². The standard InChI is InChI=1S/C28H30FN3O5/c29-20-3-5-21(6-4-20)32-7-1-2-24(32)22-16-19(28(34)31-10-14-36-15-11-31)17-23-25(33)18-26(37-27(22)23)30-8-12-35-13-9-30/h3-6,16-18,24H,1-2,7-15H2/t24-/m1/s1. The molecule has 9 heteroatoms. The van der Waals surface area contributed by atoms with E-state index in [1.807, 2.05) is 11.0 Å². The van der Waals surface area contributed by atoms with Crippen molar-refractivity contribution in [2.45, 2.75) is 18.9 Å². The first-order valence-corrected chi connectivity index (χ1v) is 12.9. The summed E-state index contributed by atoms with van der Waals surface area (Å²) in [5, 5.41) is 0.400. The molecule has 3 fully saturated rings. The van der Waals surface area contributed by atoms with Gasteiger partial charge in [0.05, 0.1) is 37.9 Å². The van der Waals surface area contributed by atoms with Gasteiger partial charge in [-0.2, -0.15) is 0 Å². The Kier molecular flexibility index (Phi) is 6.56. The van der Waals surface area contributed by atoms with Crippen LogP contribution < -0.4 is 15.2 Å². The summed E-state index contributed by atoms with van der Waals surface area (Å²) in [6.45, 7) is 5.24. The molecule has 0 bridgehead atoms. The first-order chi connectivity index (χ1) is 18.1. The number of amides is 1. The highest BCUT2D eigenvalue weighted by Crippen LogP contribution is 2.40. The summed E-state index contributed by atoms with van der Waals surface area (Å²) in [4.78, 5) is 32.9. The van der Waals surface area contributed by atoms with E-state index in [2.05, 4.69) is 4.90 Å². The van der Waals surface area contributed by atoms with Crippen molar-refractivity contribution < 1.29 is 23.1 Å². The van der Waals surface area contributed by atoms with Gasteiger partial charge in [-0.05, 0) is 49.2 Å². The molecule has 4 heterocycles. The molecular weight excluding hydrogens is 477 g/mol. The fourth-order valence-corrected chi connectivity index (χ4v) is 5.56.